The number of aliphatic imine (C=N–C) groups is 1. The van der Waals surface area contributed by atoms with E-state index in [0.29, 0.717) is 36.1 Å². The highest BCUT2D eigenvalue weighted by atomic mass is 127. The molecule has 2 rings (SSSR count). The molecule has 0 heterocycles. The van der Waals surface area contributed by atoms with Crippen molar-refractivity contribution in [2.24, 2.45) is 4.99 Å². The summed E-state index contributed by atoms with van der Waals surface area (Å²) < 4.78 is 24.3. The van der Waals surface area contributed by atoms with Crippen molar-refractivity contribution in [1.29, 1.82) is 0 Å². The Balaban J connectivity index is 0.00000392. The Hall–Kier alpha value is -2.23. The summed E-state index contributed by atoms with van der Waals surface area (Å²) in [6, 6.07) is 11.1. The molecule has 2 aromatic carbocycles. The lowest BCUT2D eigenvalue weighted by Gasteiger charge is -2.20. The molecule has 0 aromatic heterocycles. The second-order valence-electron chi connectivity index (χ2n) is 5.91. The summed E-state index contributed by atoms with van der Waals surface area (Å²) in [5.41, 5.74) is 0.695. The monoisotopic (exact) mass is 503 g/mol. The van der Waals surface area contributed by atoms with E-state index < -0.39 is 0 Å². The van der Waals surface area contributed by atoms with Gasteiger partial charge in [0.25, 0.3) is 0 Å². The largest absolute Gasteiger partial charge is 0.508 e. The molecule has 6 nitrogen and oxygen atoms in total. The summed E-state index contributed by atoms with van der Waals surface area (Å²) in [5, 5.41) is 16.3. The average molecular weight is 503 g/mol. The van der Waals surface area contributed by atoms with E-state index in [1.165, 1.54) is 12.1 Å². The minimum absolute atomic E-state index is 0. The Kier molecular flexibility index (Phi) is 10.4. The molecule has 28 heavy (non-hydrogen) atoms. The summed E-state index contributed by atoms with van der Waals surface area (Å²) in [4.78, 5) is 4.17. The van der Waals surface area contributed by atoms with Crippen molar-refractivity contribution in [2.75, 3.05) is 20.7 Å². The van der Waals surface area contributed by atoms with Crippen LogP contribution in [0.5, 0.6) is 17.2 Å². The molecule has 0 aliphatic rings. The molecule has 0 amide bonds. The van der Waals surface area contributed by atoms with Crippen molar-refractivity contribution in [3.8, 4) is 17.2 Å². The molecule has 1 unspecified atom stereocenters. The number of nitrogens with one attached hydrogen (secondary N) is 2. The van der Waals surface area contributed by atoms with E-state index in [1.807, 2.05) is 6.92 Å². The summed E-state index contributed by atoms with van der Waals surface area (Å²) in [5.74, 6) is 1.58. The van der Waals surface area contributed by atoms with E-state index in [9.17, 15) is 9.50 Å². The van der Waals surface area contributed by atoms with E-state index in [-0.39, 0.29) is 41.6 Å². The first-order chi connectivity index (χ1) is 13.0. The van der Waals surface area contributed by atoms with Crippen molar-refractivity contribution in [2.45, 2.75) is 26.0 Å². The van der Waals surface area contributed by atoms with E-state index in [4.69, 9.17) is 9.47 Å². The van der Waals surface area contributed by atoms with Crippen LogP contribution in [0.25, 0.3) is 0 Å². The number of benzene rings is 2. The normalized spacial score (nSPS) is 11.9. The zero-order chi connectivity index (χ0) is 19.6. The van der Waals surface area contributed by atoms with E-state index in [1.54, 1.807) is 44.5 Å². The topological polar surface area (TPSA) is 75.1 Å². The summed E-state index contributed by atoms with van der Waals surface area (Å²) in [6.45, 7) is 2.87. The number of methoxy groups -OCH3 is 1. The smallest absolute Gasteiger partial charge is 0.191 e. The molecule has 2 aromatic rings. The van der Waals surface area contributed by atoms with E-state index in [2.05, 4.69) is 15.6 Å². The maximum Gasteiger partial charge on any atom is 0.191 e. The van der Waals surface area contributed by atoms with E-state index in [0.717, 1.165) is 6.42 Å². The minimum Gasteiger partial charge on any atom is -0.508 e. The molecular weight excluding hydrogens is 476 g/mol. The van der Waals surface area contributed by atoms with Gasteiger partial charge >= 0.3 is 0 Å². The summed E-state index contributed by atoms with van der Waals surface area (Å²) in [6.07, 6.45) is 0.604. The molecule has 0 spiro atoms. The number of guanidine groups is 1. The summed E-state index contributed by atoms with van der Waals surface area (Å²) in [7, 11) is 3.24. The van der Waals surface area contributed by atoms with Crippen molar-refractivity contribution >= 4 is 29.9 Å². The Bertz CT molecular complexity index is 774. The van der Waals surface area contributed by atoms with Crippen LogP contribution in [0.3, 0.4) is 0 Å². The maximum atomic E-state index is 13.3. The van der Waals surface area contributed by atoms with Crippen LogP contribution < -0.4 is 20.1 Å². The number of hydrogen-bond donors (Lipinski definition) is 3. The third-order valence-corrected chi connectivity index (χ3v) is 4.01. The fourth-order valence-corrected chi connectivity index (χ4v) is 2.44. The number of ether oxygens (including phenoxy) is 2. The Morgan fingerprint density at radius 1 is 1.18 bits per heavy atom. The molecule has 0 saturated heterocycles. The lowest BCUT2D eigenvalue weighted by Crippen LogP contribution is -2.42. The number of phenols is 1. The molecule has 0 aliphatic heterocycles. The molecule has 0 saturated carbocycles. The van der Waals surface area contributed by atoms with Crippen LogP contribution in [0, 0.1) is 5.82 Å². The number of halogens is 2. The first-order valence-electron chi connectivity index (χ1n) is 8.78. The van der Waals surface area contributed by atoms with Gasteiger partial charge in [-0.25, -0.2) is 4.39 Å². The van der Waals surface area contributed by atoms with Crippen LogP contribution in [0.15, 0.2) is 47.5 Å². The average Bonchev–Trinajstić information content (AvgIpc) is 2.68. The SMILES string of the molecule is CCC(CNC(=NC)NCc1cc(OC)ccc1O)Oc1cccc(F)c1.I. The molecule has 0 aliphatic carbocycles. The molecule has 0 radical (unpaired) electrons. The predicted molar refractivity (Wildman–Crippen MR) is 119 cm³/mol. The van der Waals surface area contributed by atoms with Crippen LogP contribution in [0.4, 0.5) is 4.39 Å². The van der Waals surface area contributed by atoms with Gasteiger partial charge in [0.1, 0.15) is 29.2 Å². The lowest BCUT2D eigenvalue weighted by atomic mass is 10.2. The summed E-state index contributed by atoms with van der Waals surface area (Å²) >= 11 is 0. The number of phenolic OH excluding ortho intramolecular Hbond substituents is 1. The zero-order valence-electron chi connectivity index (χ0n) is 16.2. The lowest BCUT2D eigenvalue weighted by molar-refractivity contribution is 0.198. The van der Waals surface area contributed by atoms with Crippen LogP contribution in [0.2, 0.25) is 0 Å². The van der Waals surface area contributed by atoms with Crippen LogP contribution in [-0.2, 0) is 6.54 Å². The van der Waals surface area contributed by atoms with Crippen molar-refractivity contribution < 1.29 is 19.0 Å². The molecule has 1 atom stereocenters. The second kappa shape index (κ2) is 12.3. The molecule has 0 fully saturated rings. The van der Waals surface area contributed by atoms with Gasteiger partial charge in [0.15, 0.2) is 5.96 Å². The van der Waals surface area contributed by atoms with Crippen molar-refractivity contribution in [1.82, 2.24) is 10.6 Å². The van der Waals surface area contributed by atoms with Gasteiger partial charge in [0, 0.05) is 25.2 Å². The van der Waals surface area contributed by atoms with E-state index >= 15 is 0 Å². The quantitative estimate of drug-likeness (QED) is 0.291. The van der Waals surface area contributed by atoms with Gasteiger partial charge in [-0.05, 0) is 36.8 Å². The fraction of sp³-hybridized carbons (Fsp3) is 0.350. The molecular formula is C20H27FIN3O3. The van der Waals surface area contributed by atoms with Gasteiger partial charge in [0.2, 0.25) is 0 Å². The maximum absolute atomic E-state index is 13.3. The van der Waals surface area contributed by atoms with Gasteiger partial charge in [-0.1, -0.05) is 13.0 Å². The highest BCUT2D eigenvalue weighted by Gasteiger charge is 2.11. The first-order valence-corrected chi connectivity index (χ1v) is 8.78. The highest BCUT2D eigenvalue weighted by Crippen LogP contribution is 2.22. The van der Waals surface area contributed by atoms with Gasteiger partial charge in [-0.15, -0.1) is 24.0 Å². The Morgan fingerprint density at radius 2 is 1.96 bits per heavy atom. The van der Waals surface area contributed by atoms with Crippen molar-refractivity contribution in [3.05, 3.63) is 53.8 Å². The number of nitrogens with zero attached hydrogens (tertiary/aromatic N) is 1. The standard InChI is InChI=1S/C20H26FN3O3.HI/c1-4-16(27-18-7-5-6-15(21)11-18)13-24-20(22-2)23-12-14-10-17(26-3)8-9-19(14)25;/h5-11,16,25H,4,12-13H2,1-3H3,(H2,22,23,24);1H. The third-order valence-electron chi connectivity index (χ3n) is 4.01. The van der Waals surface area contributed by atoms with Crippen LogP contribution in [-0.4, -0.2) is 37.9 Å². The van der Waals surface area contributed by atoms with Gasteiger partial charge in [0.05, 0.1) is 13.7 Å². The molecule has 3 N–H and O–H groups in total. The second-order valence-corrected chi connectivity index (χ2v) is 5.91. The fourth-order valence-electron chi connectivity index (χ4n) is 2.44. The molecule has 8 heteroatoms. The number of rotatable bonds is 8. The van der Waals surface area contributed by atoms with Gasteiger partial charge < -0.3 is 25.2 Å². The third kappa shape index (κ3) is 7.41. The van der Waals surface area contributed by atoms with Gasteiger partial charge in [-0.3, -0.25) is 4.99 Å². The number of hydrogen-bond acceptors (Lipinski definition) is 4. The first kappa shape index (κ1) is 23.8. The van der Waals surface area contributed by atoms with Crippen LogP contribution in [0.1, 0.15) is 18.9 Å². The Morgan fingerprint density at radius 3 is 2.61 bits per heavy atom. The highest BCUT2D eigenvalue weighted by molar-refractivity contribution is 14.0. The Labute approximate surface area is 182 Å². The number of aromatic hydroxyl groups is 1. The predicted octanol–water partition coefficient (Wildman–Crippen LogP) is 3.68. The molecule has 154 valence electrons. The minimum atomic E-state index is -0.328. The zero-order valence-corrected chi connectivity index (χ0v) is 18.6. The van der Waals surface area contributed by atoms with Gasteiger partial charge in [-0.2, -0.15) is 0 Å². The van der Waals surface area contributed by atoms with Crippen molar-refractivity contribution in [3.63, 3.8) is 0 Å². The van der Waals surface area contributed by atoms with Crippen LogP contribution >= 0.6 is 24.0 Å². The molecule has 0 bridgehead atoms.